The van der Waals surface area contributed by atoms with Gasteiger partial charge in [0.25, 0.3) is 0 Å². The molecule has 2 atom stereocenters. The van der Waals surface area contributed by atoms with Crippen LogP contribution < -0.4 is 5.73 Å². The topological polar surface area (TPSA) is 38.9 Å². The summed E-state index contributed by atoms with van der Waals surface area (Å²) < 4.78 is 0. The second kappa shape index (κ2) is 6.23. The molecule has 1 aromatic rings. The Hall–Kier alpha value is -0.310. The molecule has 0 bridgehead atoms. The fourth-order valence-electron chi connectivity index (χ4n) is 1.21. The maximum absolute atomic E-state index is 6.03. The van der Waals surface area contributed by atoms with Gasteiger partial charge >= 0.3 is 0 Å². The van der Waals surface area contributed by atoms with Crippen LogP contribution in [0.25, 0.3) is 0 Å². The van der Waals surface area contributed by atoms with Crippen molar-refractivity contribution < 1.29 is 0 Å². The summed E-state index contributed by atoms with van der Waals surface area (Å²) in [6.07, 6.45) is 2.72. The van der Waals surface area contributed by atoms with Crippen LogP contribution in [0, 0.1) is 5.92 Å². The molecule has 0 aliphatic heterocycles. The van der Waals surface area contributed by atoms with E-state index >= 15 is 0 Å². The van der Waals surface area contributed by atoms with Crippen molar-refractivity contribution >= 4 is 24.0 Å². The van der Waals surface area contributed by atoms with Crippen LogP contribution >= 0.6 is 24.0 Å². The van der Waals surface area contributed by atoms with Crippen LogP contribution in [0.2, 0.25) is 5.15 Å². The summed E-state index contributed by atoms with van der Waals surface area (Å²) in [7, 11) is 0. The van der Waals surface area contributed by atoms with E-state index in [-0.39, 0.29) is 18.4 Å². The Bertz CT molecular complexity index is 279. The zero-order valence-electron chi connectivity index (χ0n) is 8.40. The van der Waals surface area contributed by atoms with Crippen molar-refractivity contribution in [1.82, 2.24) is 4.98 Å². The number of nitrogens with zero attached hydrogens (tertiary/aromatic N) is 1. The van der Waals surface area contributed by atoms with Gasteiger partial charge in [0.2, 0.25) is 0 Å². The van der Waals surface area contributed by atoms with Crippen molar-refractivity contribution in [1.29, 1.82) is 0 Å². The number of rotatable bonds is 3. The van der Waals surface area contributed by atoms with Gasteiger partial charge in [0.15, 0.2) is 0 Å². The zero-order chi connectivity index (χ0) is 9.84. The van der Waals surface area contributed by atoms with Crippen molar-refractivity contribution in [2.24, 2.45) is 11.7 Å². The summed E-state index contributed by atoms with van der Waals surface area (Å²) in [6.45, 7) is 4.24. The summed E-state index contributed by atoms with van der Waals surface area (Å²) in [5.74, 6) is 0.432. The summed E-state index contributed by atoms with van der Waals surface area (Å²) in [5.41, 5.74) is 6.97. The number of hydrogen-bond donors (Lipinski definition) is 1. The van der Waals surface area contributed by atoms with Gasteiger partial charge in [-0.25, -0.2) is 4.98 Å². The lowest BCUT2D eigenvalue weighted by molar-refractivity contribution is 0.456. The first-order chi connectivity index (χ1) is 6.16. The lowest BCUT2D eigenvalue weighted by Gasteiger charge is -2.18. The van der Waals surface area contributed by atoms with Gasteiger partial charge in [0.1, 0.15) is 5.15 Å². The fraction of sp³-hybridized carbons (Fsp3) is 0.500. The second-order valence-electron chi connectivity index (χ2n) is 3.29. The van der Waals surface area contributed by atoms with E-state index in [4.69, 9.17) is 17.3 Å². The maximum atomic E-state index is 6.03. The molecule has 0 amide bonds. The van der Waals surface area contributed by atoms with E-state index in [0.29, 0.717) is 11.1 Å². The molecule has 1 heterocycles. The summed E-state index contributed by atoms with van der Waals surface area (Å²) in [5, 5.41) is 0.523. The highest BCUT2D eigenvalue weighted by molar-refractivity contribution is 6.30. The Labute approximate surface area is 96.3 Å². The molecule has 0 aliphatic rings. The third-order valence-electron chi connectivity index (χ3n) is 2.40. The van der Waals surface area contributed by atoms with Gasteiger partial charge in [-0.1, -0.05) is 37.9 Å². The molecule has 0 saturated carbocycles. The highest BCUT2D eigenvalue weighted by Crippen LogP contribution is 2.25. The van der Waals surface area contributed by atoms with E-state index in [0.717, 1.165) is 12.0 Å². The van der Waals surface area contributed by atoms with Crippen LogP contribution in [0.15, 0.2) is 18.3 Å². The molecule has 0 fully saturated rings. The summed E-state index contributed by atoms with van der Waals surface area (Å²) in [6, 6.07) is 3.79. The normalized spacial score (nSPS) is 14.3. The van der Waals surface area contributed by atoms with Crippen LogP contribution in [0.5, 0.6) is 0 Å². The van der Waals surface area contributed by atoms with E-state index in [9.17, 15) is 0 Å². The third kappa shape index (κ3) is 3.12. The first-order valence-electron chi connectivity index (χ1n) is 4.52. The number of halogens is 2. The molecule has 2 nitrogen and oxygen atoms in total. The molecule has 0 saturated heterocycles. The molecule has 0 aliphatic carbocycles. The van der Waals surface area contributed by atoms with Crippen LogP contribution in [0.3, 0.4) is 0 Å². The molecule has 1 aromatic heterocycles. The highest BCUT2D eigenvalue weighted by atomic mass is 35.5. The van der Waals surface area contributed by atoms with Gasteiger partial charge in [0.05, 0.1) is 0 Å². The Balaban J connectivity index is 0.00000169. The maximum Gasteiger partial charge on any atom is 0.133 e. The molecule has 0 radical (unpaired) electrons. The van der Waals surface area contributed by atoms with Crippen LogP contribution in [-0.4, -0.2) is 4.98 Å². The van der Waals surface area contributed by atoms with E-state index in [1.807, 2.05) is 12.1 Å². The lowest BCUT2D eigenvalue weighted by atomic mass is 9.94. The average molecular weight is 235 g/mol. The first-order valence-corrected chi connectivity index (χ1v) is 4.90. The monoisotopic (exact) mass is 234 g/mol. The third-order valence-corrected chi connectivity index (χ3v) is 2.72. The molecule has 2 N–H and O–H groups in total. The van der Waals surface area contributed by atoms with Crippen LogP contribution in [0.1, 0.15) is 31.9 Å². The van der Waals surface area contributed by atoms with Crippen molar-refractivity contribution in [2.75, 3.05) is 0 Å². The Morgan fingerprint density at radius 3 is 2.71 bits per heavy atom. The fourth-order valence-corrected chi connectivity index (χ4v) is 1.45. The molecule has 14 heavy (non-hydrogen) atoms. The van der Waals surface area contributed by atoms with Gasteiger partial charge < -0.3 is 5.73 Å². The van der Waals surface area contributed by atoms with Crippen molar-refractivity contribution in [3.05, 3.63) is 29.0 Å². The Morgan fingerprint density at radius 1 is 1.57 bits per heavy atom. The molecule has 80 valence electrons. The van der Waals surface area contributed by atoms with Crippen molar-refractivity contribution in [2.45, 2.75) is 26.3 Å². The molecule has 0 aromatic carbocycles. The SMILES string of the molecule is CCC(C)[C@H](N)c1cccnc1Cl.Cl. The molecule has 1 unspecified atom stereocenters. The Kier molecular flexibility index (Phi) is 6.09. The van der Waals surface area contributed by atoms with E-state index < -0.39 is 0 Å². The highest BCUT2D eigenvalue weighted by Gasteiger charge is 2.15. The predicted molar refractivity (Wildman–Crippen MR) is 62.9 cm³/mol. The largest absolute Gasteiger partial charge is 0.324 e. The van der Waals surface area contributed by atoms with Gasteiger partial charge in [-0.3, -0.25) is 0 Å². The number of aromatic nitrogens is 1. The van der Waals surface area contributed by atoms with Gasteiger partial charge in [-0.2, -0.15) is 0 Å². The second-order valence-corrected chi connectivity index (χ2v) is 3.65. The number of hydrogen-bond acceptors (Lipinski definition) is 2. The number of nitrogens with two attached hydrogens (primary N) is 1. The van der Waals surface area contributed by atoms with Gasteiger partial charge in [-0.05, 0) is 12.0 Å². The quantitative estimate of drug-likeness (QED) is 0.817. The van der Waals surface area contributed by atoms with Gasteiger partial charge in [0, 0.05) is 17.8 Å². The number of pyridine rings is 1. The van der Waals surface area contributed by atoms with E-state index in [2.05, 4.69) is 18.8 Å². The summed E-state index contributed by atoms with van der Waals surface area (Å²) >= 11 is 5.93. The average Bonchev–Trinajstić information content (AvgIpc) is 2.16. The minimum atomic E-state index is -0.00815. The Morgan fingerprint density at radius 2 is 2.21 bits per heavy atom. The van der Waals surface area contributed by atoms with Crippen LogP contribution in [-0.2, 0) is 0 Å². The van der Waals surface area contributed by atoms with Crippen molar-refractivity contribution in [3.8, 4) is 0 Å². The van der Waals surface area contributed by atoms with E-state index in [1.54, 1.807) is 6.20 Å². The molecule has 1 rings (SSSR count). The van der Waals surface area contributed by atoms with Crippen LogP contribution in [0.4, 0.5) is 0 Å². The lowest BCUT2D eigenvalue weighted by Crippen LogP contribution is -2.19. The minimum Gasteiger partial charge on any atom is -0.324 e. The summed E-state index contributed by atoms with van der Waals surface area (Å²) in [4.78, 5) is 4.00. The molecule has 0 spiro atoms. The van der Waals surface area contributed by atoms with E-state index in [1.165, 1.54) is 0 Å². The molecule has 4 heteroatoms. The molecular weight excluding hydrogens is 219 g/mol. The van der Waals surface area contributed by atoms with Crippen molar-refractivity contribution in [3.63, 3.8) is 0 Å². The smallest absolute Gasteiger partial charge is 0.133 e. The first kappa shape index (κ1) is 13.7. The predicted octanol–water partition coefficient (Wildman–Crippen LogP) is 3.20. The molecular formula is C10H16Cl2N2. The van der Waals surface area contributed by atoms with Gasteiger partial charge in [-0.15, -0.1) is 12.4 Å². The zero-order valence-corrected chi connectivity index (χ0v) is 9.98. The minimum absolute atomic E-state index is 0. The standard InChI is InChI=1S/C10H15ClN2.ClH/c1-3-7(2)9(12)8-5-4-6-13-10(8)11;/h4-7,9H,3,12H2,1-2H3;1H/t7?,9-;/m0./s1.